The van der Waals surface area contributed by atoms with E-state index in [1.54, 1.807) is 24.1 Å². The second-order valence-corrected chi connectivity index (χ2v) is 8.52. The van der Waals surface area contributed by atoms with Crippen LogP contribution in [0.25, 0.3) is 11.0 Å². The number of carbonyl (C=O) groups is 2. The molecule has 1 fully saturated rings. The standard InChI is InChI=1S/C23H26F3N7O3/c1-31(16-5-8-32(9-6-16)19-13-28-18(12-29-19)23(24,25)26)20(34)14-36-11-10-33-7-4-15-2-3-17(21(27)35)30-22(15)33/h2-4,7,12-13,16H,5-6,8-11,14H2,1H3,(H2,27,35). The molecule has 4 rings (SSSR count). The molecule has 0 aliphatic carbocycles. The van der Waals surface area contributed by atoms with Crippen LogP contribution >= 0.6 is 0 Å². The fourth-order valence-corrected chi connectivity index (χ4v) is 4.12. The van der Waals surface area contributed by atoms with Crippen molar-refractivity contribution in [3.8, 4) is 0 Å². The second-order valence-electron chi connectivity index (χ2n) is 8.52. The van der Waals surface area contributed by atoms with Gasteiger partial charge >= 0.3 is 6.18 Å². The number of nitrogens with two attached hydrogens (primary N) is 1. The van der Waals surface area contributed by atoms with Crippen molar-refractivity contribution in [3.05, 3.63) is 48.2 Å². The van der Waals surface area contributed by atoms with Crippen LogP contribution in [0.3, 0.4) is 0 Å². The fourth-order valence-electron chi connectivity index (χ4n) is 4.12. The monoisotopic (exact) mass is 505 g/mol. The van der Waals surface area contributed by atoms with Gasteiger partial charge in [0.15, 0.2) is 5.69 Å². The van der Waals surface area contributed by atoms with E-state index in [2.05, 4.69) is 15.0 Å². The van der Waals surface area contributed by atoms with Gasteiger partial charge in [-0.2, -0.15) is 13.2 Å². The molecule has 1 aliphatic rings. The van der Waals surface area contributed by atoms with Gasteiger partial charge in [-0.05, 0) is 31.0 Å². The number of likely N-dealkylation sites (N-methyl/N-ethyl adjacent to an activating group) is 1. The first-order valence-electron chi connectivity index (χ1n) is 11.4. The first-order chi connectivity index (χ1) is 17.1. The molecule has 1 aliphatic heterocycles. The number of rotatable bonds is 8. The molecule has 3 aromatic rings. The number of nitrogens with zero attached hydrogens (tertiary/aromatic N) is 6. The molecule has 2 N–H and O–H groups in total. The molecule has 3 aromatic heterocycles. The van der Waals surface area contributed by atoms with Gasteiger partial charge in [0, 0.05) is 44.3 Å². The highest BCUT2D eigenvalue weighted by molar-refractivity contribution is 5.93. The number of hydrogen-bond acceptors (Lipinski definition) is 7. The Labute approximate surface area is 204 Å². The van der Waals surface area contributed by atoms with Crippen LogP contribution in [0, 0.1) is 0 Å². The Kier molecular flexibility index (Phi) is 7.38. The second kappa shape index (κ2) is 10.5. The number of pyridine rings is 1. The molecule has 0 atom stereocenters. The number of anilines is 1. The maximum Gasteiger partial charge on any atom is 0.434 e. The van der Waals surface area contributed by atoms with E-state index in [0.717, 1.165) is 17.8 Å². The zero-order valence-electron chi connectivity index (χ0n) is 19.6. The average Bonchev–Trinajstić information content (AvgIpc) is 3.28. The van der Waals surface area contributed by atoms with Gasteiger partial charge in [-0.3, -0.25) is 9.59 Å². The molecule has 0 aromatic carbocycles. The van der Waals surface area contributed by atoms with Gasteiger partial charge in [0.1, 0.15) is 23.8 Å². The third-order valence-electron chi connectivity index (χ3n) is 6.22. The number of ether oxygens (including phenoxy) is 1. The third-order valence-corrected chi connectivity index (χ3v) is 6.22. The molecule has 0 unspecified atom stereocenters. The maximum absolute atomic E-state index is 12.7. The van der Waals surface area contributed by atoms with Crippen LogP contribution in [0.15, 0.2) is 36.8 Å². The van der Waals surface area contributed by atoms with Crippen LogP contribution in [-0.4, -0.2) is 75.6 Å². The average molecular weight is 506 g/mol. The minimum absolute atomic E-state index is 0.00966. The van der Waals surface area contributed by atoms with Gasteiger partial charge in [0.05, 0.1) is 19.0 Å². The lowest BCUT2D eigenvalue weighted by Gasteiger charge is -2.37. The summed E-state index contributed by atoms with van der Waals surface area (Å²) < 4.78 is 45.5. The predicted molar refractivity (Wildman–Crippen MR) is 124 cm³/mol. The first kappa shape index (κ1) is 25.4. The van der Waals surface area contributed by atoms with Crippen molar-refractivity contribution in [2.24, 2.45) is 5.73 Å². The number of aromatic nitrogens is 4. The summed E-state index contributed by atoms with van der Waals surface area (Å²) in [5.74, 6) is -0.379. The molecule has 2 amide bonds. The van der Waals surface area contributed by atoms with E-state index >= 15 is 0 Å². The summed E-state index contributed by atoms with van der Waals surface area (Å²) in [6.45, 7) is 1.73. The minimum atomic E-state index is -4.52. The molecule has 0 bridgehead atoms. The van der Waals surface area contributed by atoms with Gasteiger partial charge in [0.25, 0.3) is 5.91 Å². The lowest BCUT2D eigenvalue weighted by Crippen LogP contribution is -2.47. The van der Waals surface area contributed by atoms with Crippen molar-refractivity contribution < 1.29 is 27.5 Å². The number of carbonyl (C=O) groups excluding carboxylic acids is 2. The summed E-state index contributed by atoms with van der Waals surface area (Å²) in [7, 11) is 1.72. The molecule has 13 heteroatoms. The lowest BCUT2D eigenvalue weighted by atomic mass is 10.0. The number of alkyl halides is 3. The predicted octanol–water partition coefficient (Wildman–Crippen LogP) is 2.09. The molecule has 0 spiro atoms. The SMILES string of the molecule is CN(C(=O)COCCn1ccc2ccc(C(N)=O)nc21)C1CCN(c2cnc(C(F)(F)F)cn2)CC1. The highest BCUT2D eigenvalue weighted by atomic mass is 19.4. The summed E-state index contributed by atoms with van der Waals surface area (Å²) >= 11 is 0. The van der Waals surface area contributed by atoms with Gasteiger partial charge in [-0.25, -0.2) is 15.0 Å². The summed E-state index contributed by atoms with van der Waals surface area (Å²) in [6.07, 6.45) is 0.462. The molecule has 192 valence electrons. The van der Waals surface area contributed by atoms with Crippen molar-refractivity contribution in [1.29, 1.82) is 0 Å². The fraction of sp³-hybridized carbons (Fsp3) is 0.435. The van der Waals surface area contributed by atoms with E-state index in [0.29, 0.717) is 43.9 Å². The Hall–Kier alpha value is -3.74. The lowest BCUT2D eigenvalue weighted by molar-refractivity contribution is -0.141. The van der Waals surface area contributed by atoms with Crippen molar-refractivity contribution in [2.45, 2.75) is 31.6 Å². The van der Waals surface area contributed by atoms with Crippen LogP contribution < -0.4 is 10.6 Å². The topological polar surface area (TPSA) is 119 Å². The van der Waals surface area contributed by atoms with E-state index < -0.39 is 17.8 Å². The van der Waals surface area contributed by atoms with Gasteiger partial charge in [-0.1, -0.05) is 0 Å². The number of halogens is 3. The zero-order valence-corrected chi connectivity index (χ0v) is 19.6. The van der Waals surface area contributed by atoms with Crippen molar-refractivity contribution in [1.82, 2.24) is 24.4 Å². The van der Waals surface area contributed by atoms with E-state index in [1.807, 2.05) is 21.7 Å². The first-order valence-corrected chi connectivity index (χ1v) is 11.4. The summed E-state index contributed by atoms with van der Waals surface area (Å²) in [4.78, 5) is 39.1. The Morgan fingerprint density at radius 1 is 1.17 bits per heavy atom. The Morgan fingerprint density at radius 2 is 1.92 bits per heavy atom. The highest BCUT2D eigenvalue weighted by Gasteiger charge is 2.33. The van der Waals surface area contributed by atoms with E-state index in [-0.39, 0.29) is 30.9 Å². The number of fused-ring (bicyclic) bond motifs is 1. The smallest absolute Gasteiger partial charge is 0.370 e. The third kappa shape index (κ3) is 5.73. The van der Waals surface area contributed by atoms with Gasteiger partial charge in [-0.15, -0.1) is 0 Å². The highest BCUT2D eigenvalue weighted by Crippen LogP contribution is 2.28. The number of piperidine rings is 1. The molecule has 1 saturated heterocycles. The molecule has 10 nitrogen and oxygen atoms in total. The van der Waals surface area contributed by atoms with Crippen LogP contribution in [0.2, 0.25) is 0 Å². The Bertz CT molecular complexity index is 1220. The molecule has 36 heavy (non-hydrogen) atoms. The van der Waals surface area contributed by atoms with Crippen LogP contribution in [0.1, 0.15) is 29.0 Å². The number of amides is 2. The summed E-state index contributed by atoms with van der Waals surface area (Å²) in [6, 6.07) is 5.20. The summed E-state index contributed by atoms with van der Waals surface area (Å²) in [5, 5.41) is 0.865. The number of hydrogen-bond donors (Lipinski definition) is 1. The maximum atomic E-state index is 12.7. The zero-order chi connectivity index (χ0) is 25.9. The Balaban J connectivity index is 1.22. The van der Waals surface area contributed by atoms with Crippen molar-refractivity contribution in [2.75, 3.05) is 38.3 Å². The molecule has 4 heterocycles. The minimum Gasteiger partial charge on any atom is -0.370 e. The largest absolute Gasteiger partial charge is 0.434 e. The van der Waals surface area contributed by atoms with Crippen LogP contribution in [-0.2, 0) is 22.3 Å². The van der Waals surface area contributed by atoms with E-state index in [4.69, 9.17) is 10.5 Å². The molecule has 0 saturated carbocycles. The normalized spacial score (nSPS) is 14.8. The van der Waals surface area contributed by atoms with Crippen LogP contribution in [0.4, 0.5) is 19.0 Å². The van der Waals surface area contributed by atoms with Gasteiger partial charge in [0.2, 0.25) is 5.91 Å². The molecule has 0 radical (unpaired) electrons. The van der Waals surface area contributed by atoms with E-state index in [9.17, 15) is 22.8 Å². The van der Waals surface area contributed by atoms with Crippen molar-refractivity contribution >= 4 is 28.7 Å². The van der Waals surface area contributed by atoms with Crippen LogP contribution in [0.5, 0.6) is 0 Å². The number of primary amides is 1. The Morgan fingerprint density at radius 3 is 2.56 bits per heavy atom. The molecular formula is C23H26F3N7O3. The quantitative estimate of drug-likeness (QED) is 0.466. The summed E-state index contributed by atoms with van der Waals surface area (Å²) in [5.41, 5.74) is 5.07. The van der Waals surface area contributed by atoms with Crippen molar-refractivity contribution in [3.63, 3.8) is 0 Å². The van der Waals surface area contributed by atoms with E-state index in [1.165, 1.54) is 0 Å². The molecular weight excluding hydrogens is 479 g/mol. The van der Waals surface area contributed by atoms with Gasteiger partial charge < -0.3 is 24.8 Å².